The third-order valence-corrected chi connectivity index (χ3v) is 3.54. The van der Waals surface area contributed by atoms with Crippen molar-refractivity contribution in [3.63, 3.8) is 0 Å². The van der Waals surface area contributed by atoms with E-state index in [4.69, 9.17) is 5.11 Å². The molecule has 22 heavy (non-hydrogen) atoms. The van der Waals surface area contributed by atoms with Gasteiger partial charge in [0, 0.05) is 18.4 Å². The number of rotatable bonds is 8. The number of carboxylic acids is 1. The summed E-state index contributed by atoms with van der Waals surface area (Å²) in [7, 11) is 0. The number of aliphatic carboxylic acids is 1. The Morgan fingerprint density at radius 1 is 1.18 bits per heavy atom. The molecule has 2 atom stereocenters. The van der Waals surface area contributed by atoms with E-state index in [-0.39, 0.29) is 24.5 Å². The van der Waals surface area contributed by atoms with Crippen molar-refractivity contribution in [1.82, 2.24) is 5.32 Å². The van der Waals surface area contributed by atoms with Crippen molar-refractivity contribution in [2.75, 3.05) is 0 Å². The molecule has 0 bridgehead atoms. The van der Waals surface area contributed by atoms with Gasteiger partial charge in [-0.1, -0.05) is 20.3 Å². The van der Waals surface area contributed by atoms with Crippen molar-refractivity contribution >= 4 is 17.7 Å². The standard InChI is InChI=1S/C16H20FNO4/c1-3-10(2)15(16(21)22)18-14(20)9-8-13(19)11-4-6-12(17)7-5-11/h4-7,10,15H,3,8-9H2,1-2H3,(H,18,20)(H,21,22)/t10-,15-/m0/s1. The van der Waals surface area contributed by atoms with Gasteiger partial charge < -0.3 is 10.4 Å². The van der Waals surface area contributed by atoms with Gasteiger partial charge in [0.2, 0.25) is 5.91 Å². The summed E-state index contributed by atoms with van der Waals surface area (Å²) in [5, 5.41) is 11.5. The predicted octanol–water partition coefficient (Wildman–Crippen LogP) is 2.40. The summed E-state index contributed by atoms with van der Waals surface area (Å²) in [5.41, 5.74) is 0.325. The number of benzene rings is 1. The lowest BCUT2D eigenvalue weighted by atomic mass is 9.99. The molecule has 0 aliphatic rings. The average molecular weight is 309 g/mol. The molecule has 5 nitrogen and oxygen atoms in total. The normalized spacial score (nSPS) is 13.2. The molecule has 1 aromatic rings. The summed E-state index contributed by atoms with van der Waals surface area (Å²) in [4.78, 5) is 34.7. The lowest BCUT2D eigenvalue weighted by Crippen LogP contribution is -2.45. The van der Waals surface area contributed by atoms with E-state index in [2.05, 4.69) is 5.32 Å². The fraction of sp³-hybridized carbons (Fsp3) is 0.438. The molecule has 2 N–H and O–H groups in total. The van der Waals surface area contributed by atoms with Gasteiger partial charge in [-0.2, -0.15) is 0 Å². The van der Waals surface area contributed by atoms with Gasteiger partial charge in [0.25, 0.3) is 0 Å². The maximum Gasteiger partial charge on any atom is 0.326 e. The molecule has 0 aliphatic carbocycles. The maximum absolute atomic E-state index is 12.8. The van der Waals surface area contributed by atoms with E-state index in [1.807, 2.05) is 6.92 Å². The van der Waals surface area contributed by atoms with Crippen molar-refractivity contribution in [3.05, 3.63) is 35.6 Å². The Balaban J connectivity index is 2.53. The van der Waals surface area contributed by atoms with E-state index < -0.39 is 23.7 Å². The Morgan fingerprint density at radius 2 is 1.77 bits per heavy atom. The molecule has 0 heterocycles. The first-order chi connectivity index (χ1) is 10.3. The number of hydrogen-bond acceptors (Lipinski definition) is 3. The molecule has 1 amide bonds. The number of carbonyl (C=O) groups excluding carboxylic acids is 2. The van der Waals surface area contributed by atoms with Crippen LogP contribution in [0, 0.1) is 11.7 Å². The zero-order chi connectivity index (χ0) is 16.7. The highest BCUT2D eigenvalue weighted by Gasteiger charge is 2.25. The largest absolute Gasteiger partial charge is 0.480 e. The molecule has 0 aliphatic heterocycles. The van der Waals surface area contributed by atoms with Gasteiger partial charge >= 0.3 is 5.97 Å². The number of nitrogens with one attached hydrogen (secondary N) is 1. The fourth-order valence-electron chi connectivity index (χ4n) is 1.94. The highest BCUT2D eigenvalue weighted by Crippen LogP contribution is 2.10. The zero-order valence-electron chi connectivity index (χ0n) is 12.6. The minimum atomic E-state index is -1.09. The molecule has 0 fully saturated rings. The summed E-state index contributed by atoms with van der Waals surface area (Å²) in [6.45, 7) is 3.58. The molecule has 120 valence electrons. The van der Waals surface area contributed by atoms with Crippen molar-refractivity contribution in [3.8, 4) is 0 Å². The van der Waals surface area contributed by atoms with E-state index in [1.54, 1.807) is 6.92 Å². The van der Waals surface area contributed by atoms with E-state index in [0.29, 0.717) is 12.0 Å². The first-order valence-corrected chi connectivity index (χ1v) is 7.16. The lowest BCUT2D eigenvalue weighted by Gasteiger charge is -2.20. The number of carbonyl (C=O) groups is 3. The maximum atomic E-state index is 12.8. The second kappa shape index (κ2) is 8.26. The summed E-state index contributed by atoms with van der Waals surface area (Å²) in [6.07, 6.45) is 0.465. The van der Waals surface area contributed by atoms with Crippen LogP contribution < -0.4 is 5.32 Å². The summed E-state index contributed by atoms with van der Waals surface area (Å²) < 4.78 is 12.8. The van der Waals surface area contributed by atoms with Crippen LogP contribution in [0.25, 0.3) is 0 Å². The Kier molecular flexibility index (Phi) is 6.69. The molecular weight excluding hydrogens is 289 g/mol. The van der Waals surface area contributed by atoms with Crippen LogP contribution in [0.1, 0.15) is 43.5 Å². The second-order valence-electron chi connectivity index (χ2n) is 5.20. The molecule has 0 saturated carbocycles. The van der Waals surface area contributed by atoms with Gasteiger partial charge in [-0.3, -0.25) is 9.59 Å². The molecule has 0 unspecified atom stereocenters. The summed E-state index contributed by atoms with van der Waals surface area (Å²) >= 11 is 0. The smallest absolute Gasteiger partial charge is 0.326 e. The number of hydrogen-bond donors (Lipinski definition) is 2. The minimum absolute atomic E-state index is 0.0513. The van der Waals surface area contributed by atoms with Gasteiger partial charge in [-0.05, 0) is 30.2 Å². The van der Waals surface area contributed by atoms with Gasteiger partial charge in [0.05, 0.1) is 0 Å². The first-order valence-electron chi connectivity index (χ1n) is 7.16. The average Bonchev–Trinajstić information content (AvgIpc) is 2.49. The van der Waals surface area contributed by atoms with Gasteiger partial charge in [-0.15, -0.1) is 0 Å². The van der Waals surface area contributed by atoms with Gasteiger partial charge in [0.15, 0.2) is 5.78 Å². The molecular formula is C16H20FNO4. The summed E-state index contributed by atoms with van der Waals surface area (Å²) in [5.74, 6) is -2.50. The van der Waals surface area contributed by atoms with Crippen LogP contribution in [0.2, 0.25) is 0 Å². The zero-order valence-corrected chi connectivity index (χ0v) is 12.6. The highest BCUT2D eigenvalue weighted by molar-refractivity contribution is 5.98. The van der Waals surface area contributed by atoms with Crippen LogP contribution in [-0.4, -0.2) is 28.8 Å². The third-order valence-electron chi connectivity index (χ3n) is 3.54. The quantitative estimate of drug-likeness (QED) is 0.722. The first kappa shape index (κ1) is 17.8. The number of ketones is 1. The number of amides is 1. The monoisotopic (exact) mass is 309 g/mol. The third kappa shape index (κ3) is 5.27. The molecule has 1 rings (SSSR count). The molecule has 0 aromatic heterocycles. The Morgan fingerprint density at radius 3 is 2.27 bits per heavy atom. The van der Waals surface area contributed by atoms with Crippen LogP contribution in [0.15, 0.2) is 24.3 Å². The van der Waals surface area contributed by atoms with Crippen LogP contribution in [0.3, 0.4) is 0 Å². The Hall–Kier alpha value is -2.24. The number of carboxylic acid groups (broad SMARTS) is 1. The van der Waals surface area contributed by atoms with Crippen LogP contribution in [0.4, 0.5) is 4.39 Å². The lowest BCUT2D eigenvalue weighted by molar-refractivity contribution is -0.143. The van der Waals surface area contributed by atoms with Crippen molar-refractivity contribution in [2.45, 2.75) is 39.2 Å². The van der Waals surface area contributed by atoms with Crippen LogP contribution in [-0.2, 0) is 9.59 Å². The topological polar surface area (TPSA) is 83.5 Å². The van der Waals surface area contributed by atoms with Crippen LogP contribution >= 0.6 is 0 Å². The van der Waals surface area contributed by atoms with Crippen molar-refractivity contribution in [2.24, 2.45) is 5.92 Å². The van der Waals surface area contributed by atoms with E-state index in [9.17, 15) is 18.8 Å². The van der Waals surface area contributed by atoms with Gasteiger partial charge in [0.1, 0.15) is 11.9 Å². The fourth-order valence-corrected chi connectivity index (χ4v) is 1.94. The molecule has 6 heteroatoms. The molecule has 0 saturated heterocycles. The van der Waals surface area contributed by atoms with E-state index >= 15 is 0 Å². The number of halogens is 1. The molecule has 0 radical (unpaired) electrons. The number of Topliss-reactive ketones (excluding diaryl/α,β-unsaturated/α-hetero) is 1. The summed E-state index contributed by atoms with van der Waals surface area (Å²) in [6, 6.07) is 4.11. The minimum Gasteiger partial charge on any atom is -0.480 e. The van der Waals surface area contributed by atoms with Crippen LogP contribution in [0.5, 0.6) is 0 Å². The van der Waals surface area contributed by atoms with Gasteiger partial charge in [-0.25, -0.2) is 9.18 Å². The SMILES string of the molecule is CC[C@H](C)[C@H](NC(=O)CCC(=O)c1ccc(F)cc1)C(=O)O. The molecule has 0 spiro atoms. The Bertz CT molecular complexity index is 542. The second-order valence-corrected chi connectivity index (χ2v) is 5.20. The molecule has 1 aromatic carbocycles. The van der Waals surface area contributed by atoms with Crippen molar-refractivity contribution in [1.29, 1.82) is 0 Å². The van der Waals surface area contributed by atoms with Crippen molar-refractivity contribution < 1.29 is 23.9 Å². The Labute approximate surface area is 128 Å². The van der Waals surface area contributed by atoms with E-state index in [0.717, 1.165) is 0 Å². The highest BCUT2D eigenvalue weighted by atomic mass is 19.1. The predicted molar refractivity (Wildman–Crippen MR) is 79.0 cm³/mol. The van der Waals surface area contributed by atoms with E-state index in [1.165, 1.54) is 24.3 Å².